The van der Waals surface area contributed by atoms with E-state index >= 15 is 0 Å². The Morgan fingerprint density at radius 1 is 1.15 bits per heavy atom. The van der Waals surface area contributed by atoms with Crippen molar-refractivity contribution in [1.82, 2.24) is 14.5 Å². The van der Waals surface area contributed by atoms with E-state index in [2.05, 4.69) is 19.2 Å². The van der Waals surface area contributed by atoms with Crippen LogP contribution in [0.2, 0.25) is 0 Å². The summed E-state index contributed by atoms with van der Waals surface area (Å²) in [6, 6.07) is 9.43. The van der Waals surface area contributed by atoms with Gasteiger partial charge in [0.25, 0.3) is 5.56 Å². The van der Waals surface area contributed by atoms with Crippen molar-refractivity contribution in [2.45, 2.75) is 52.7 Å². The van der Waals surface area contributed by atoms with E-state index in [-0.39, 0.29) is 11.6 Å². The highest BCUT2D eigenvalue weighted by Crippen LogP contribution is 2.18. The molecule has 1 amide bonds. The Morgan fingerprint density at radius 2 is 1.74 bits per heavy atom. The molecule has 7 nitrogen and oxygen atoms in total. The first-order valence-corrected chi connectivity index (χ1v) is 8.92. The maximum atomic E-state index is 12.4. The molecule has 0 aliphatic heterocycles. The first-order chi connectivity index (χ1) is 12.8. The predicted molar refractivity (Wildman–Crippen MR) is 102 cm³/mol. The lowest BCUT2D eigenvalue weighted by atomic mass is 9.99. The van der Waals surface area contributed by atoms with Crippen molar-refractivity contribution in [3.63, 3.8) is 0 Å². The molecule has 2 aromatic rings. The number of nitrogens with one attached hydrogen (secondary N) is 1. The van der Waals surface area contributed by atoms with Crippen LogP contribution in [-0.2, 0) is 17.9 Å². The first-order valence-electron chi connectivity index (χ1n) is 8.92. The van der Waals surface area contributed by atoms with E-state index in [4.69, 9.17) is 5.26 Å². The van der Waals surface area contributed by atoms with Gasteiger partial charge in [0.05, 0.1) is 6.04 Å². The van der Waals surface area contributed by atoms with E-state index in [1.807, 2.05) is 31.2 Å². The molecular formula is C20H24N4O3. The van der Waals surface area contributed by atoms with Crippen molar-refractivity contribution in [2.24, 2.45) is 0 Å². The molecule has 0 spiro atoms. The highest BCUT2D eigenvalue weighted by atomic mass is 16.2. The highest BCUT2D eigenvalue weighted by Gasteiger charge is 2.16. The summed E-state index contributed by atoms with van der Waals surface area (Å²) in [5, 5.41) is 11.9. The van der Waals surface area contributed by atoms with Crippen LogP contribution in [0.15, 0.2) is 40.1 Å². The predicted octanol–water partition coefficient (Wildman–Crippen LogP) is 1.90. The van der Waals surface area contributed by atoms with Crippen LogP contribution < -0.4 is 16.6 Å². The van der Waals surface area contributed by atoms with E-state index < -0.39 is 23.7 Å². The SMILES string of the molecule is CCn1cc(C#N)c(=O)n(CC(=O)NC(C)c2ccc(C(C)C)cc2)c1=O. The Labute approximate surface area is 157 Å². The van der Waals surface area contributed by atoms with Crippen LogP contribution in [0.25, 0.3) is 0 Å². The number of carbonyl (C=O) groups is 1. The van der Waals surface area contributed by atoms with Gasteiger partial charge in [-0.15, -0.1) is 0 Å². The second kappa shape index (κ2) is 8.49. The van der Waals surface area contributed by atoms with E-state index in [0.717, 1.165) is 10.1 Å². The molecule has 1 aromatic heterocycles. The van der Waals surface area contributed by atoms with Gasteiger partial charge in [-0.3, -0.25) is 14.2 Å². The molecule has 0 saturated heterocycles. The minimum atomic E-state index is -0.753. The standard InChI is InChI=1S/C20H24N4O3/c1-5-23-11-17(10-21)19(26)24(20(23)27)12-18(25)22-14(4)16-8-6-15(7-9-16)13(2)3/h6-9,11,13-14H,5,12H2,1-4H3,(H,22,25). The van der Waals surface area contributed by atoms with Crippen molar-refractivity contribution in [3.8, 4) is 6.07 Å². The molecule has 0 fully saturated rings. The molecule has 7 heteroatoms. The highest BCUT2D eigenvalue weighted by molar-refractivity contribution is 5.76. The molecule has 1 unspecified atom stereocenters. The number of amides is 1. The van der Waals surface area contributed by atoms with Gasteiger partial charge in [0, 0.05) is 12.7 Å². The lowest BCUT2D eigenvalue weighted by molar-refractivity contribution is -0.122. The van der Waals surface area contributed by atoms with E-state index in [1.54, 1.807) is 13.0 Å². The molecular weight excluding hydrogens is 344 g/mol. The fourth-order valence-corrected chi connectivity index (χ4v) is 2.78. The van der Waals surface area contributed by atoms with Crippen LogP contribution in [0, 0.1) is 11.3 Å². The van der Waals surface area contributed by atoms with Gasteiger partial charge in [-0.1, -0.05) is 38.1 Å². The van der Waals surface area contributed by atoms with Gasteiger partial charge >= 0.3 is 5.69 Å². The zero-order valence-electron chi connectivity index (χ0n) is 16.0. The van der Waals surface area contributed by atoms with Gasteiger partial charge < -0.3 is 5.32 Å². The van der Waals surface area contributed by atoms with Crippen molar-refractivity contribution < 1.29 is 4.79 Å². The van der Waals surface area contributed by atoms with Gasteiger partial charge in [-0.25, -0.2) is 9.36 Å². The maximum absolute atomic E-state index is 12.4. The molecule has 0 aliphatic rings. The van der Waals surface area contributed by atoms with Gasteiger partial charge in [0.15, 0.2) is 0 Å². The Bertz CT molecular complexity index is 978. The van der Waals surface area contributed by atoms with Crippen molar-refractivity contribution in [2.75, 3.05) is 0 Å². The number of hydrogen-bond donors (Lipinski definition) is 1. The third kappa shape index (κ3) is 4.53. The van der Waals surface area contributed by atoms with Crippen LogP contribution >= 0.6 is 0 Å². The number of hydrogen-bond acceptors (Lipinski definition) is 4. The summed E-state index contributed by atoms with van der Waals surface area (Å²) in [5.41, 5.74) is 0.609. The Balaban J connectivity index is 2.19. The van der Waals surface area contributed by atoms with Crippen molar-refractivity contribution >= 4 is 5.91 Å². The zero-order valence-corrected chi connectivity index (χ0v) is 16.0. The number of carbonyl (C=O) groups excluding carboxylic acids is 1. The average Bonchev–Trinajstić information content (AvgIpc) is 2.65. The Hall–Kier alpha value is -3.14. The fourth-order valence-electron chi connectivity index (χ4n) is 2.78. The third-order valence-corrected chi connectivity index (χ3v) is 4.48. The number of benzene rings is 1. The van der Waals surface area contributed by atoms with Crippen LogP contribution in [0.3, 0.4) is 0 Å². The van der Waals surface area contributed by atoms with Gasteiger partial charge in [0.1, 0.15) is 18.2 Å². The number of aromatic nitrogens is 2. The quantitative estimate of drug-likeness (QED) is 0.842. The van der Waals surface area contributed by atoms with Crippen molar-refractivity contribution in [1.29, 1.82) is 5.26 Å². The van der Waals surface area contributed by atoms with Crippen LogP contribution in [0.1, 0.15) is 56.3 Å². The first kappa shape index (κ1) is 20.2. The Morgan fingerprint density at radius 3 is 2.26 bits per heavy atom. The minimum Gasteiger partial charge on any atom is -0.348 e. The van der Waals surface area contributed by atoms with Crippen LogP contribution in [0.4, 0.5) is 0 Å². The molecule has 1 aromatic carbocycles. The molecule has 0 radical (unpaired) electrons. The summed E-state index contributed by atoms with van der Waals surface area (Å²) in [6.45, 7) is 7.64. The molecule has 142 valence electrons. The molecule has 1 heterocycles. The second-order valence-electron chi connectivity index (χ2n) is 6.73. The molecule has 1 atom stereocenters. The molecule has 0 aliphatic carbocycles. The summed E-state index contributed by atoms with van der Waals surface area (Å²) in [7, 11) is 0. The fraction of sp³-hybridized carbons (Fsp3) is 0.400. The second-order valence-corrected chi connectivity index (χ2v) is 6.73. The molecule has 27 heavy (non-hydrogen) atoms. The average molecular weight is 368 g/mol. The smallest absolute Gasteiger partial charge is 0.331 e. The van der Waals surface area contributed by atoms with Gasteiger partial charge in [0.2, 0.25) is 5.91 Å². The minimum absolute atomic E-state index is 0.165. The van der Waals surface area contributed by atoms with Crippen LogP contribution in [-0.4, -0.2) is 15.0 Å². The van der Waals surface area contributed by atoms with Gasteiger partial charge in [-0.2, -0.15) is 5.26 Å². The maximum Gasteiger partial charge on any atom is 0.331 e. The van der Waals surface area contributed by atoms with Crippen LogP contribution in [0.5, 0.6) is 0 Å². The summed E-state index contributed by atoms with van der Waals surface area (Å²) in [5.74, 6) is -0.0450. The third-order valence-electron chi connectivity index (χ3n) is 4.48. The van der Waals surface area contributed by atoms with E-state index in [0.29, 0.717) is 12.5 Å². The number of aryl methyl sites for hydroxylation is 1. The molecule has 0 saturated carbocycles. The summed E-state index contributed by atoms with van der Waals surface area (Å²) < 4.78 is 2.03. The lowest BCUT2D eigenvalue weighted by Gasteiger charge is -2.16. The lowest BCUT2D eigenvalue weighted by Crippen LogP contribution is -2.44. The zero-order chi connectivity index (χ0) is 20.1. The number of rotatable bonds is 6. The summed E-state index contributed by atoms with van der Waals surface area (Å²) in [6.07, 6.45) is 1.22. The van der Waals surface area contributed by atoms with Gasteiger partial charge in [-0.05, 0) is 30.9 Å². The molecule has 2 rings (SSSR count). The Kier molecular flexibility index (Phi) is 6.35. The number of nitriles is 1. The largest absolute Gasteiger partial charge is 0.348 e. The molecule has 0 bridgehead atoms. The normalized spacial score (nSPS) is 11.9. The monoisotopic (exact) mass is 368 g/mol. The molecule has 1 N–H and O–H groups in total. The van der Waals surface area contributed by atoms with E-state index in [9.17, 15) is 14.4 Å². The number of nitrogens with zero attached hydrogens (tertiary/aromatic N) is 3. The summed E-state index contributed by atoms with van der Waals surface area (Å²) in [4.78, 5) is 36.9. The van der Waals surface area contributed by atoms with Crippen molar-refractivity contribution in [3.05, 3.63) is 68.0 Å². The van der Waals surface area contributed by atoms with E-state index in [1.165, 1.54) is 16.3 Å². The topological polar surface area (TPSA) is 96.9 Å². The summed E-state index contributed by atoms with van der Waals surface area (Å²) >= 11 is 0.